The van der Waals surface area contributed by atoms with Crippen LogP contribution in [0.1, 0.15) is 12.8 Å². The molecule has 0 N–H and O–H groups in total. The number of rotatable bonds is 3. The van der Waals surface area contributed by atoms with Crippen LogP contribution < -0.4 is 0 Å². The van der Waals surface area contributed by atoms with E-state index < -0.39 is 5.97 Å². The molecule has 0 spiro atoms. The average molecular weight is 205 g/mol. The van der Waals surface area contributed by atoms with Gasteiger partial charge in [-0.1, -0.05) is 6.58 Å². The SMILES string of the molecule is C=C(C(=O)OC)C1CCC(CCl)O1. The smallest absolute Gasteiger partial charge is 0.335 e. The van der Waals surface area contributed by atoms with Crippen molar-refractivity contribution in [3.63, 3.8) is 0 Å². The minimum atomic E-state index is -0.403. The number of ether oxygens (including phenoxy) is 2. The molecule has 0 radical (unpaired) electrons. The van der Waals surface area contributed by atoms with E-state index in [1.807, 2.05) is 0 Å². The van der Waals surface area contributed by atoms with E-state index >= 15 is 0 Å². The molecule has 2 unspecified atom stereocenters. The van der Waals surface area contributed by atoms with E-state index in [1.165, 1.54) is 7.11 Å². The molecule has 0 aromatic heterocycles. The Hall–Kier alpha value is -0.540. The molecule has 0 amide bonds. The lowest BCUT2D eigenvalue weighted by Gasteiger charge is -2.12. The Kier molecular flexibility index (Phi) is 3.75. The number of esters is 1. The molecule has 1 aliphatic heterocycles. The zero-order valence-corrected chi connectivity index (χ0v) is 8.34. The minimum absolute atomic E-state index is 0.0491. The molecule has 74 valence electrons. The highest BCUT2D eigenvalue weighted by molar-refractivity contribution is 6.18. The molecular weight excluding hydrogens is 192 g/mol. The predicted octanol–water partition coefficient (Wildman–Crippen LogP) is 1.50. The maximum atomic E-state index is 11.1. The molecule has 1 fully saturated rings. The maximum Gasteiger partial charge on any atom is 0.335 e. The summed E-state index contributed by atoms with van der Waals surface area (Å²) in [5.41, 5.74) is 0.384. The lowest BCUT2D eigenvalue weighted by atomic mass is 10.1. The Balaban J connectivity index is 2.46. The van der Waals surface area contributed by atoms with Crippen molar-refractivity contribution in [2.24, 2.45) is 0 Å². The van der Waals surface area contributed by atoms with Crippen LogP contribution in [-0.2, 0) is 14.3 Å². The fraction of sp³-hybridized carbons (Fsp3) is 0.667. The molecule has 13 heavy (non-hydrogen) atoms. The second kappa shape index (κ2) is 4.63. The van der Waals surface area contributed by atoms with Crippen LogP contribution in [0, 0.1) is 0 Å². The third kappa shape index (κ3) is 2.45. The molecule has 0 aromatic rings. The van der Waals surface area contributed by atoms with Gasteiger partial charge in [-0.3, -0.25) is 0 Å². The molecule has 0 aliphatic carbocycles. The summed E-state index contributed by atoms with van der Waals surface area (Å²) in [7, 11) is 1.33. The molecule has 1 aliphatic rings. The van der Waals surface area contributed by atoms with Crippen molar-refractivity contribution in [2.75, 3.05) is 13.0 Å². The van der Waals surface area contributed by atoms with Crippen LogP contribution in [0.3, 0.4) is 0 Å². The maximum absolute atomic E-state index is 11.1. The number of hydrogen-bond acceptors (Lipinski definition) is 3. The van der Waals surface area contributed by atoms with Gasteiger partial charge in [-0.05, 0) is 12.8 Å². The molecule has 0 saturated carbocycles. The van der Waals surface area contributed by atoms with Gasteiger partial charge in [-0.15, -0.1) is 11.6 Å². The lowest BCUT2D eigenvalue weighted by molar-refractivity contribution is -0.137. The number of hydrogen-bond donors (Lipinski definition) is 0. The summed E-state index contributed by atoms with van der Waals surface area (Å²) in [6, 6.07) is 0. The normalized spacial score (nSPS) is 27.2. The summed E-state index contributed by atoms with van der Waals surface area (Å²) in [6.07, 6.45) is 1.51. The van der Waals surface area contributed by atoms with Crippen molar-refractivity contribution in [3.8, 4) is 0 Å². The van der Waals surface area contributed by atoms with Gasteiger partial charge in [0.15, 0.2) is 0 Å². The van der Waals surface area contributed by atoms with Crippen LogP contribution in [0.5, 0.6) is 0 Å². The van der Waals surface area contributed by atoms with Gasteiger partial charge in [0, 0.05) is 5.88 Å². The standard InChI is InChI=1S/C9H13ClO3/c1-6(9(11)12-2)8-4-3-7(5-10)13-8/h7-8H,1,3-5H2,2H3. The first kappa shape index (κ1) is 10.5. The largest absolute Gasteiger partial charge is 0.466 e. The Morgan fingerprint density at radius 1 is 1.69 bits per heavy atom. The molecule has 0 bridgehead atoms. The Morgan fingerprint density at radius 3 is 2.85 bits per heavy atom. The summed E-state index contributed by atoms with van der Waals surface area (Å²) in [4.78, 5) is 11.1. The number of halogens is 1. The molecule has 1 rings (SSSR count). The van der Waals surface area contributed by atoms with E-state index in [0.717, 1.165) is 12.8 Å². The van der Waals surface area contributed by atoms with Crippen molar-refractivity contribution >= 4 is 17.6 Å². The highest BCUT2D eigenvalue weighted by Gasteiger charge is 2.29. The van der Waals surface area contributed by atoms with E-state index in [-0.39, 0.29) is 12.2 Å². The second-order valence-corrected chi connectivity index (χ2v) is 3.30. The van der Waals surface area contributed by atoms with Gasteiger partial charge in [0.1, 0.15) is 0 Å². The van der Waals surface area contributed by atoms with Crippen molar-refractivity contribution in [1.82, 2.24) is 0 Å². The first-order chi connectivity index (χ1) is 6.19. The third-order valence-corrected chi connectivity index (χ3v) is 2.46. The van der Waals surface area contributed by atoms with Gasteiger partial charge in [-0.25, -0.2) is 4.79 Å². The topological polar surface area (TPSA) is 35.5 Å². The van der Waals surface area contributed by atoms with Crippen LogP contribution in [-0.4, -0.2) is 31.2 Å². The highest BCUT2D eigenvalue weighted by Crippen LogP contribution is 2.25. The monoisotopic (exact) mass is 204 g/mol. The van der Waals surface area contributed by atoms with Crippen molar-refractivity contribution in [1.29, 1.82) is 0 Å². The van der Waals surface area contributed by atoms with Crippen LogP contribution in [0.15, 0.2) is 12.2 Å². The fourth-order valence-corrected chi connectivity index (χ4v) is 1.57. The van der Waals surface area contributed by atoms with Crippen LogP contribution in [0.2, 0.25) is 0 Å². The Morgan fingerprint density at radius 2 is 2.38 bits per heavy atom. The van der Waals surface area contributed by atoms with Crippen LogP contribution in [0.4, 0.5) is 0 Å². The minimum Gasteiger partial charge on any atom is -0.466 e. The van der Waals surface area contributed by atoms with Crippen LogP contribution >= 0.6 is 11.6 Å². The first-order valence-corrected chi connectivity index (χ1v) is 4.71. The lowest BCUT2D eigenvalue weighted by Crippen LogP contribution is -2.19. The van der Waals surface area contributed by atoms with Gasteiger partial charge in [-0.2, -0.15) is 0 Å². The molecule has 3 nitrogen and oxygen atoms in total. The predicted molar refractivity (Wildman–Crippen MR) is 49.8 cm³/mol. The third-order valence-electron chi connectivity index (χ3n) is 2.12. The van der Waals surface area contributed by atoms with Gasteiger partial charge < -0.3 is 9.47 Å². The summed E-state index contributed by atoms with van der Waals surface area (Å²) in [5, 5.41) is 0. The van der Waals surface area contributed by atoms with E-state index in [4.69, 9.17) is 16.3 Å². The molecule has 2 atom stereocenters. The van der Waals surface area contributed by atoms with E-state index in [0.29, 0.717) is 11.5 Å². The first-order valence-electron chi connectivity index (χ1n) is 4.17. The molecule has 0 aromatic carbocycles. The van der Waals surface area contributed by atoms with Gasteiger partial charge >= 0.3 is 5.97 Å². The highest BCUT2D eigenvalue weighted by atomic mass is 35.5. The van der Waals surface area contributed by atoms with E-state index in [9.17, 15) is 4.79 Å². The van der Waals surface area contributed by atoms with Gasteiger partial charge in [0.2, 0.25) is 0 Å². The summed E-state index contributed by atoms with van der Waals surface area (Å²) >= 11 is 5.62. The van der Waals surface area contributed by atoms with Gasteiger partial charge in [0.25, 0.3) is 0 Å². The fourth-order valence-electron chi connectivity index (χ4n) is 1.34. The molecule has 4 heteroatoms. The average Bonchev–Trinajstić information content (AvgIpc) is 2.63. The zero-order chi connectivity index (χ0) is 9.84. The molecule has 1 saturated heterocycles. The number of carbonyl (C=O) groups excluding carboxylic acids is 1. The Bertz CT molecular complexity index is 215. The van der Waals surface area contributed by atoms with Gasteiger partial charge in [0.05, 0.1) is 24.9 Å². The number of carbonyl (C=O) groups is 1. The number of methoxy groups -OCH3 is 1. The quantitative estimate of drug-likeness (QED) is 0.397. The summed E-state index contributed by atoms with van der Waals surface area (Å²) in [5.74, 6) is 0.0607. The van der Waals surface area contributed by atoms with E-state index in [2.05, 4.69) is 11.3 Å². The van der Waals surface area contributed by atoms with E-state index in [1.54, 1.807) is 0 Å². The Labute approximate surface area is 82.7 Å². The molecule has 1 heterocycles. The molecular formula is C9H13ClO3. The second-order valence-electron chi connectivity index (χ2n) is 3.00. The van der Waals surface area contributed by atoms with Crippen molar-refractivity contribution < 1.29 is 14.3 Å². The summed E-state index contributed by atoms with van der Waals surface area (Å²) in [6.45, 7) is 3.63. The summed E-state index contributed by atoms with van der Waals surface area (Å²) < 4.78 is 10.0. The van der Waals surface area contributed by atoms with Crippen molar-refractivity contribution in [3.05, 3.63) is 12.2 Å². The van der Waals surface area contributed by atoms with Crippen LogP contribution in [0.25, 0.3) is 0 Å². The van der Waals surface area contributed by atoms with Crippen molar-refractivity contribution in [2.45, 2.75) is 25.0 Å². The zero-order valence-electron chi connectivity index (χ0n) is 7.59. The number of alkyl halides is 1.